The molecule has 1 atom stereocenters. The van der Waals surface area contributed by atoms with Crippen molar-refractivity contribution in [1.82, 2.24) is 19.5 Å². The second kappa shape index (κ2) is 7.81. The third-order valence-corrected chi connectivity index (χ3v) is 6.87. The lowest BCUT2D eigenvalue weighted by atomic mass is 9.95. The minimum atomic E-state index is -3.55. The van der Waals surface area contributed by atoms with Crippen molar-refractivity contribution in [3.63, 3.8) is 0 Å². The SMILES string of the molecule is O=S(=O)(c1cn[nH]c1)N1CCC[C@H](c2cccc(Cc3ccc(F)cc3)n2)C1. The van der Waals surface area contributed by atoms with Crippen molar-refractivity contribution in [1.29, 1.82) is 0 Å². The number of nitrogens with one attached hydrogen (secondary N) is 1. The Bertz CT molecular complexity index is 1040. The predicted octanol–water partition coefficient (Wildman–Crippen LogP) is 3.10. The molecule has 3 aromatic rings. The molecule has 1 aliphatic heterocycles. The molecule has 6 nitrogen and oxygen atoms in total. The monoisotopic (exact) mass is 400 g/mol. The molecule has 1 N–H and O–H groups in total. The highest BCUT2D eigenvalue weighted by Gasteiger charge is 2.32. The number of piperidine rings is 1. The van der Waals surface area contributed by atoms with Gasteiger partial charge in [0.2, 0.25) is 10.0 Å². The summed E-state index contributed by atoms with van der Waals surface area (Å²) in [7, 11) is -3.55. The van der Waals surface area contributed by atoms with E-state index in [0.29, 0.717) is 19.5 Å². The highest BCUT2D eigenvalue weighted by Crippen LogP contribution is 2.29. The minimum absolute atomic E-state index is 0.0450. The number of hydrogen-bond acceptors (Lipinski definition) is 4. The highest BCUT2D eigenvalue weighted by molar-refractivity contribution is 7.89. The van der Waals surface area contributed by atoms with Crippen molar-refractivity contribution < 1.29 is 12.8 Å². The lowest BCUT2D eigenvalue weighted by Gasteiger charge is -2.31. The third kappa shape index (κ3) is 3.98. The molecular weight excluding hydrogens is 379 g/mol. The molecule has 0 radical (unpaired) electrons. The van der Waals surface area contributed by atoms with Crippen LogP contribution in [-0.2, 0) is 16.4 Å². The Hall–Kier alpha value is -2.58. The zero-order chi connectivity index (χ0) is 19.6. The quantitative estimate of drug-likeness (QED) is 0.714. The molecule has 0 spiro atoms. The summed E-state index contributed by atoms with van der Waals surface area (Å²) < 4.78 is 40.2. The van der Waals surface area contributed by atoms with E-state index in [1.807, 2.05) is 18.2 Å². The summed E-state index contributed by atoms with van der Waals surface area (Å²) >= 11 is 0. The summed E-state index contributed by atoms with van der Waals surface area (Å²) in [6.07, 6.45) is 5.02. The first-order valence-electron chi connectivity index (χ1n) is 9.21. The van der Waals surface area contributed by atoms with Gasteiger partial charge in [-0.15, -0.1) is 0 Å². The van der Waals surface area contributed by atoms with E-state index in [1.54, 1.807) is 12.1 Å². The van der Waals surface area contributed by atoms with Crippen LogP contribution in [0.1, 0.15) is 35.7 Å². The zero-order valence-corrected chi connectivity index (χ0v) is 16.1. The molecule has 2 aromatic heterocycles. The van der Waals surface area contributed by atoms with E-state index < -0.39 is 10.0 Å². The lowest BCUT2D eigenvalue weighted by Crippen LogP contribution is -2.39. The molecule has 0 aliphatic carbocycles. The zero-order valence-electron chi connectivity index (χ0n) is 15.3. The van der Waals surface area contributed by atoms with E-state index in [1.165, 1.54) is 28.8 Å². The van der Waals surface area contributed by atoms with E-state index in [-0.39, 0.29) is 16.6 Å². The Morgan fingerprint density at radius 2 is 2.00 bits per heavy atom. The Balaban J connectivity index is 1.51. The fourth-order valence-electron chi connectivity index (χ4n) is 3.57. The molecule has 1 saturated heterocycles. The van der Waals surface area contributed by atoms with Crippen LogP contribution in [0, 0.1) is 5.82 Å². The Kier molecular flexibility index (Phi) is 5.23. The van der Waals surface area contributed by atoms with Gasteiger partial charge in [0.05, 0.1) is 6.20 Å². The van der Waals surface area contributed by atoms with Gasteiger partial charge in [0.15, 0.2) is 0 Å². The second-order valence-corrected chi connectivity index (χ2v) is 8.93. The maximum Gasteiger partial charge on any atom is 0.246 e. The van der Waals surface area contributed by atoms with E-state index >= 15 is 0 Å². The molecule has 8 heteroatoms. The van der Waals surface area contributed by atoms with Gasteiger partial charge in [-0.1, -0.05) is 18.2 Å². The Morgan fingerprint density at radius 3 is 2.75 bits per heavy atom. The first kappa shape index (κ1) is 18.8. The average Bonchev–Trinajstić information content (AvgIpc) is 3.26. The van der Waals surface area contributed by atoms with Gasteiger partial charge in [-0.2, -0.15) is 9.40 Å². The number of H-pyrrole nitrogens is 1. The maximum atomic E-state index is 13.1. The molecule has 1 fully saturated rings. The number of rotatable bonds is 5. The molecule has 0 unspecified atom stereocenters. The lowest BCUT2D eigenvalue weighted by molar-refractivity contribution is 0.312. The molecule has 1 aromatic carbocycles. The number of aromatic amines is 1. The first-order chi connectivity index (χ1) is 13.5. The highest BCUT2D eigenvalue weighted by atomic mass is 32.2. The van der Waals surface area contributed by atoms with Crippen molar-refractivity contribution in [3.8, 4) is 0 Å². The molecule has 1 aliphatic rings. The van der Waals surface area contributed by atoms with E-state index in [9.17, 15) is 12.8 Å². The minimum Gasteiger partial charge on any atom is -0.284 e. The van der Waals surface area contributed by atoms with Gasteiger partial charge in [0, 0.05) is 43.0 Å². The topological polar surface area (TPSA) is 79.0 Å². The van der Waals surface area contributed by atoms with Crippen molar-refractivity contribution in [2.24, 2.45) is 0 Å². The van der Waals surface area contributed by atoms with E-state index in [2.05, 4.69) is 10.2 Å². The van der Waals surface area contributed by atoms with Crippen LogP contribution in [0.15, 0.2) is 59.8 Å². The van der Waals surface area contributed by atoms with Gasteiger partial charge in [-0.05, 0) is 42.7 Å². The van der Waals surface area contributed by atoms with Gasteiger partial charge in [-0.3, -0.25) is 10.1 Å². The number of sulfonamides is 1. The van der Waals surface area contributed by atoms with Crippen LogP contribution in [0.25, 0.3) is 0 Å². The van der Waals surface area contributed by atoms with Gasteiger partial charge < -0.3 is 0 Å². The number of halogens is 1. The fraction of sp³-hybridized carbons (Fsp3) is 0.300. The molecule has 28 heavy (non-hydrogen) atoms. The summed E-state index contributed by atoms with van der Waals surface area (Å²) in [4.78, 5) is 4.95. The van der Waals surface area contributed by atoms with Crippen LogP contribution < -0.4 is 0 Å². The average molecular weight is 400 g/mol. The standard InChI is InChI=1S/C20H21FN4O2S/c21-17-8-6-15(7-9-17)11-18-4-1-5-20(24-18)16-3-2-10-25(14-16)28(26,27)19-12-22-23-13-19/h1,4-9,12-13,16H,2-3,10-11,14H2,(H,22,23)/t16-/m0/s1. The fourth-order valence-corrected chi connectivity index (χ4v) is 5.00. The molecule has 0 amide bonds. The number of hydrogen-bond donors (Lipinski definition) is 1. The number of pyridine rings is 1. The van der Waals surface area contributed by atoms with Crippen molar-refractivity contribution in [3.05, 3.63) is 77.6 Å². The summed E-state index contributed by atoms with van der Waals surface area (Å²) in [5.74, 6) is -0.213. The van der Waals surface area contributed by atoms with Gasteiger partial charge in [0.25, 0.3) is 0 Å². The second-order valence-electron chi connectivity index (χ2n) is 6.99. The van der Waals surface area contributed by atoms with Gasteiger partial charge in [-0.25, -0.2) is 12.8 Å². The molecule has 146 valence electrons. The van der Waals surface area contributed by atoms with Crippen LogP contribution >= 0.6 is 0 Å². The molecule has 0 bridgehead atoms. The van der Waals surface area contributed by atoms with Crippen molar-refractivity contribution >= 4 is 10.0 Å². The largest absolute Gasteiger partial charge is 0.284 e. The summed E-state index contributed by atoms with van der Waals surface area (Å²) in [6, 6.07) is 12.2. The van der Waals surface area contributed by atoms with Gasteiger partial charge >= 0.3 is 0 Å². The predicted molar refractivity (Wildman–Crippen MR) is 103 cm³/mol. The number of nitrogens with zero attached hydrogens (tertiary/aromatic N) is 3. The number of benzene rings is 1. The molecule has 4 rings (SSSR count). The van der Waals surface area contributed by atoms with Crippen molar-refractivity contribution in [2.45, 2.75) is 30.1 Å². The molecule has 0 saturated carbocycles. The van der Waals surface area contributed by atoms with E-state index in [4.69, 9.17) is 4.98 Å². The first-order valence-corrected chi connectivity index (χ1v) is 10.7. The van der Waals surface area contributed by atoms with Gasteiger partial charge in [0.1, 0.15) is 10.7 Å². The Labute approximate surface area is 163 Å². The molecule has 3 heterocycles. The van der Waals surface area contributed by atoms with Crippen LogP contribution in [0.3, 0.4) is 0 Å². The normalized spacial score (nSPS) is 18.2. The maximum absolute atomic E-state index is 13.1. The van der Waals surface area contributed by atoms with Crippen LogP contribution in [-0.4, -0.2) is 41.0 Å². The van der Waals surface area contributed by atoms with Crippen LogP contribution in [0.4, 0.5) is 4.39 Å². The Morgan fingerprint density at radius 1 is 1.18 bits per heavy atom. The van der Waals surface area contributed by atoms with Crippen LogP contribution in [0.5, 0.6) is 0 Å². The number of aromatic nitrogens is 3. The molecular formula is C20H21FN4O2S. The van der Waals surface area contributed by atoms with Crippen molar-refractivity contribution in [2.75, 3.05) is 13.1 Å². The van der Waals surface area contributed by atoms with Crippen LogP contribution in [0.2, 0.25) is 0 Å². The summed E-state index contributed by atoms with van der Waals surface area (Å²) in [5, 5.41) is 6.31. The summed E-state index contributed by atoms with van der Waals surface area (Å²) in [6.45, 7) is 0.903. The van der Waals surface area contributed by atoms with E-state index in [0.717, 1.165) is 29.8 Å². The smallest absolute Gasteiger partial charge is 0.246 e. The third-order valence-electron chi connectivity index (χ3n) is 5.04. The summed E-state index contributed by atoms with van der Waals surface area (Å²) in [5.41, 5.74) is 2.77.